The molecule has 0 aliphatic heterocycles. The van der Waals surface area contributed by atoms with Gasteiger partial charge in [-0.3, -0.25) is 14.5 Å². The first-order valence-electron chi connectivity index (χ1n) is 6.53. The van der Waals surface area contributed by atoms with E-state index in [1.807, 2.05) is 19.0 Å². The number of rotatable bonds is 6. The number of nitrogens with two attached hydrogens (primary N) is 1. The summed E-state index contributed by atoms with van der Waals surface area (Å²) >= 11 is 0. The van der Waals surface area contributed by atoms with Crippen molar-refractivity contribution in [2.24, 2.45) is 0 Å². The largest absolute Gasteiger partial charge is 0.493 e. The number of carbonyl (C=O) groups is 1. The zero-order valence-electron chi connectivity index (χ0n) is 12.4. The molecule has 7 nitrogen and oxygen atoms in total. The van der Waals surface area contributed by atoms with Crippen LogP contribution in [0.4, 0.5) is 5.69 Å². The number of aromatic nitrogens is 3. The van der Waals surface area contributed by atoms with Gasteiger partial charge in [0.15, 0.2) is 11.4 Å². The minimum atomic E-state index is -0.233. The van der Waals surface area contributed by atoms with E-state index in [1.165, 1.54) is 13.3 Å². The second kappa shape index (κ2) is 6.36. The van der Waals surface area contributed by atoms with Gasteiger partial charge in [0.2, 0.25) is 5.78 Å². The van der Waals surface area contributed by atoms with E-state index < -0.39 is 0 Å². The number of likely N-dealkylation sites (N-methyl/N-ethyl adjacent to an activating group) is 1. The number of hydrogen-bond acceptors (Lipinski definition) is 6. The molecule has 2 rings (SSSR count). The van der Waals surface area contributed by atoms with Crippen LogP contribution >= 0.6 is 0 Å². The van der Waals surface area contributed by atoms with Crippen LogP contribution in [0.2, 0.25) is 0 Å². The van der Waals surface area contributed by atoms with E-state index in [-0.39, 0.29) is 5.78 Å². The van der Waals surface area contributed by atoms with Gasteiger partial charge in [-0.05, 0) is 26.2 Å². The van der Waals surface area contributed by atoms with Gasteiger partial charge >= 0.3 is 0 Å². The molecule has 0 aliphatic carbocycles. The predicted octanol–water partition coefficient (Wildman–Crippen LogP) is 0.661. The van der Waals surface area contributed by atoms with E-state index in [9.17, 15) is 4.79 Å². The highest BCUT2D eigenvalue weighted by atomic mass is 16.5. The molecule has 2 heterocycles. The van der Waals surface area contributed by atoms with Crippen LogP contribution in [-0.4, -0.2) is 53.2 Å². The lowest BCUT2D eigenvalue weighted by Gasteiger charge is -2.12. The number of hydrogen-bond donors (Lipinski definition) is 1. The van der Waals surface area contributed by atoms with Gasteiger partial charge in [0, 0.05) is 6.54 Å². The van der Waals surface area contributed by atoms with E-state index >= 15 is 0 Å². The number of nitrogens with zero attached hydrogens (tertiary/aromatic N) is 4. The third-order valence-corrected chi connectivity index (χ3v) is 3.02. The van der Waals surface area contributed by atoms with Crippen molar-refractivity contribution in [1.82, 2.24) is 19.7 Å². The summed E-state index contributed by atoms with van der Waals surface area (Å²) in [5.41, 5.74) is 6.82. The number of ketones is 1. The van der Waals surface area contributed by atoms with Crippen LogP contribution in [0.3, 0.4) is 0 Å². The molecule has 21 heavy (non-hydrogen) atoms. The van der Waals surface area contributed by atoms with Crippen LogP contribution in [0, 0.1) is 0 Å². The molecule has 0 radical (unpaired) electrons. The quantitative estimate of drug-likeness (QED) is 0.786. The molecule has 0 saturated carbocycles. The molecule has 0 aliphatic rings. The van der Waals surface area contributed by atoms with Gasteiger partial charge in [0.05, 0.1) is 31.7 Å². The van der Waals surface area contributed by atoms with Crippen LogP contribution in [0.15, 0.2) is 24.5 Å². The summed E-state index contributed by atoms with van der Waals surface area (Å²) in [6.07, 6.45) is 3.00. The lowest BCUT2D eigenvalue weighted by molar-refractivity contribution is 0.102. The Balaban J connectivity index is 2.34. The summed E-state index contributed by atoms with van der Waals surface area (Å²) in [5.74, 6) is 0.209. The van der Waals surface area contributed by atoms with Gasteiger partial charge in [-0.2, -0.15) is 5.10 Å². The lowest BCUT2D eigenvalue weighted by atomic mass is 10.2. The molecule has 0 aromatic carbocycles. The summed E-state index contributed by atoms with van der Waals surface area (Å²) in [5, 5.41) is 4.21. The Hall–Kier alpha value is -2.41. The number of carbonyl (C=O) groups excluding carboxylic acids is 1. The zero-order chi connectivity index (χ0) is 15.4. The number of anilines is 1. The van der Waals surface area contributed by atoms with Crippen LogP contribution in [0.25, 0.3) is 0 Å². The third-order valence-electron chi connectivity index (χ3n) is 3.02. The Bertz CT molecular complexity index is 619. The highest BCUT2D eigenvalue weighted by molar-refractivity contribution is 6.08. The lowest BCUT2D eigenvalue weighted by Crippen LogP contribution is -2.22. The molecule has 7 heteroatoms. The average Bonchev–Trinajstić information content (AvgIpc) is 2.88. The molecule has 2 aromatic heterocycles. The normalized spacial score (nSPS) is 10.9. The molecule has 0 amide bonds. The highest BCUT2D eigenvalue weighted by Gasteiger charge is 2.21. The Morgan fingerprint density at radius 3 is 2.71 bits per heavy atom. The maximum Gasteiger partial charge on any atom is 0.233 e. The Kier molecular flexibility index (Phi) is 4.54. The first-order valence-corrected chi connectivity index (χ1v) is 6.53. The summed E-state index contributed by atoms with van der Waals surface area (Å²) in [4.78, 5) is 18.7. The van der Waals surface area contributed by atoms with E-state index in [0.29, 0.717) is 29.4 Å². The van der Waals surface area contributed by atoms with E-state index in [1.54, 1.807) is 23.0 Å². The van der Waals surface area contributed by atoms with Crippen molar-refractivity contribution in [2.75, 3.05) is 33.5 Å². The molecule has 0 fully saturated rings. The monoisotopic (exact) mass is 289 g/mol. The summed E-state index contributed by atoms with van der Waals surface area (Å²) in [7, 11) is 5.44. The summed E-state index contributed by atoms with van der Waals surface area (Å²) in [6, 6.07) is 3.24. The van der Waals surface area contributed by atoms with Gasteiger partial charge in [-0.25, -0.2) is 0 Å². The van der Waals surface area contributed by atoms with Crippen molar-refractivity contribution in [3.05, 3.63) is 35.9 Å². The van der Waals surface area contributed by atoms with Crippen molar-refractivity contribution in [1.29, 1.82) is 0 Å². The molecule has 2 N–H and O–H groups in total. The Morgan fingerprint density at radius 1 is 1.38 bits per heavy atom. The fraction of sp³-hybridized carbons (Fsp3) is 0.357. The molecule has 0 saturated heterocycles. The maximum absolute atomic E-state index is 12.6. The number of pyridine rings is 1. The molecule has 0 bridgehead atoms. The first-order chi connectivity index (χ1) is 10.0. The van der Waals surface area contributed by atoms with E-state index in [2.05, 4.69) is 10.1 Å². The fourth-order valence-corrected chi connectivity index (χ4v) is 1.87. The second-order valence-corrected chi connectivity index (χ2v) is 4.89. The van der Waals surface area contributed by atoms with Gasteiger partial charge in [0.25, 0.3) is 0 Å². The summed E-state index contributed by atoms with van der Waals surface area (Å²) < 4.78 is 6.87. The molecular weight excluding hydrogens is 270 g/mol. The van der Waals surface area contributed by atoms with Crippen LogP contribution in [0.5, 0.6) is 5.75 Å². The number of nitrogen functional groups attached to an aromatic ring is 1. The van der Waals surface area contributed by atoms with Crippen molar-refractivity contribution in [3.8, 4) is 5.75 Å². The van der Waals surface area contributed by atoms with Gasteiger partial charge < -0.3 is 15.4 Å². The Morgan fingerprint density at radius 2 is 2.14 bits per heavy atom. The zero-order valence-corrected chi connectivity index (χ0v) is 12.4. The third kappa shape index (κ3) is 3.38. The van der Waals surface area contributed by atoms with Crippen molar-refractivity contribution >= 4 is 11.5 Å². The van der Waals surface area contributed by atoms with Gasteiger partial charge in [-0.1, -0.05) is 0 Å². The predicted molar refractivity (Wildman–Crippen MR) is 79.4 cm³/mol. The van der Waals surface area contributed by atoms with E-state index in [4.69, 9.17) is 10.5 Å². The van der Waals surface area contributed by atoms with E-state index in [0.717, 1.165) is 6.54 Å². The van der Waals surface area contributed by atoms with Crippen molar-refractivity contribution < 1.29 is 9.53 Å². The average molecular weight is 289 g/mol. The maximum atomic E-state index is 12.6. The van der Waals surface area contributed by atoms with Crippen LogP contribution in [0.1, 0.15) is 16.2 Å². The van der Waals surface area contributed by atoms with Crippen molar-refractivity contribution in [2.45, 2.75) is 6.54 Å². The number of ether oxygens (including phenoxy) is 1. The minimum Gasteiger partial charge on any atom is -0.493 e. The van der Waals surface area contributed by atoms with Gasteiger partial charge in [-0.15, -0.1) is 0 Å². The molecule has 0 spiro atoms. The SMILES string of the molecule is COc1cnn(CCN(C)C)c1C(=O)c1ccc(N)cn1. The minimum absolute atomic E-state index is 0.233. The standard InChI is InChI=1S/C14H19N5O2/c1-18(2)6-7-19-13(12(21-3)9-17-19)14(20)11-5-4-10(15)8-16-11/h4-5,8-9H,6-7,15H2,1-3H3. The number of methoxy groups -OCH3 is 1. The Labute approximate surface area is 123 Å². The molecule has 0 unspecified atom stereocenters. The highest BCUT2D eigenvalue weighted by Crippen LogP contribution is 2.21. The molecule has 112 valence electrons. The summed E-state index contributed by atoms with van der Waals surface area (Å²) in [6.45, 7) is 1.35. The molecular formula is C14H19N5O2. The van der Waals surface area contributed by atoms with Crippen LogP contribution in [-0.2, 0) is 6.54 Å². The second-order valence-electron chi connectivity index (χ2n) is 4.89. The molecule has 2 aromatic rings. The topological polar surface area (TPSA) is 86.3 Å². The van der Waals surface area contributed by atoms with Crippen molar-refractivity contribution in [3.63, 3.8) is 0 Å². The first kappa shape index (κ1) is 15.0. The fourth-order valence-electron chi connectivity index (χ4n) is 1.87. The van der Waals surface area contributed by atoms with Gasteiger partial charge in [0.1, 0.15) is 5.69 Å². The smallest absolute Gasteiger partial charge is 0.233 e. The van der Waals surface area contributed by atoms with Crippen LogP contribution < -0.4 is 10.5 Å². The molecule has 0 atom stereocenters.